The second kappa shape index (κ2) is 19.1. The van der Waals surface area contributed by atoms with Crippen molar-refractivity contribution in [2.24, 2.45) is 0 Å². The van der Waals surface area contributed by atoms with Crippen LogP contribution in [-0.4, -0.2) is 4.57 Å². The lowest BCUT2D eigenvalue weighted by Gasteiger charge is -2.34. The molecule has 1 heterocycles. The Kier molecular flexibility index (Phi) is 11.1. The van der Waals surface area contributed by atoms with Crippen LogP contribution in [0.15, 0.2) is 315 Å². The third-order valence-corrected chi connectivity index (χ3v) is 16.5. The number of para-hydroxylation sites is 3. The predicted molar refractivity (Wildman–Crippen MR) is 332 cm³/mol. The Morgan fingerprint density at radius 2 is 0.696 bits per heavy atom. The van der Waals surface area contributed by atoms with Gasteiger partial charge in [-0.2, -0.15) is 0 Å². The van der Waals surface area contributed by atoms with Crippen molar-refractivity contribution >= 4 is 49.6 Å². The van der Waals surface area contributed by atoms with E-state index < -0.39 is 5.41 Å². The highest BCUT2D eigenvalue weighted by molar-refractivity contribution is 6.10. The third kappa shape index (κ3) is 7.71. The highest BCUT2D eigenvalue weighted by Gasteiger charge is 2.46. The molecule has 79 heavy (non-hydrogen) atoms. The van der Waals surface area contributed by atoms with Gasteiger partial charge >= 0.3 is 0 Å². The summed E-state index contributed by atoms with van der Waals surface area (Å²) in [6.07, 6.45) is 0. The largest absolute Gasteiger partial charge is 0.311 e. The van der Waals surface area contributed by atoms with E-state index in [1.807, 2.05) is 0 Å². The van der Waals surface area contributed by atoms with Crippen LogP contribution in [0.2, 0.25) is 0 Å². The van der Waals surface area contributed by atoms with Crippen molar-refractivity contribution in [3.63, 3.8) is 0 Å². The Bertz CT molecular complexity index is 4480. The van der Waals surface area contributed by atoms with Crippen molar-refractivity contribution in [1.29, 1.82) is 0 Å². The summed E-state index contributed by atoms with van der Waals surface area (Å²) in [6.45, 7) is 0. The van der Waals surface area contributed by atoms with Crippen molar-refractivity contribution in [3.8, 4) is 61.3 Å². The number of hydrogen-bond donors (Lipinski definition) is 0. The first-order chi connectivity index (χ1) is 39.2. The van der Waals surface area contributed by atoms with E-state index in [-0.39, 0.29) is 0 Å². The van der Waals surface area contributed by atoms with Crippen molar-refractivity contribution in [2.75, 3.05) is 4.90 Å². The lowest BCUT2D eigenvalue weighted by atomic mass is 9.67. The maximum Gasteiger partial charge on any atom is 0.0713 e. The minimum atomic E-state index is -0.471. The van der Waals surface area contributed by atoms with E-state index in [9.17, 15) is 0 Å². The van der Waals surface area contributed by atoms with Crippen LogP contribution in [0.3, 0.4) is 0 Å². The van der Waals surface area contributed by atoms with Gasteiger partial charge in [-0.05, 0) is 156 Å². The summed E-state index contributed by atoms with van der Waals surface area (Å²) >= 11 is 0. The maximum atomic E-state index is 2.45. The average Bonchev–Trinajstić information content (AvgIpc) is 3.34. The van der Waals surface area contributed by atoms with Gasteiger partial charge < -0.3 is 9.47 Å². The van der Waals surface area contributed by atoms with Crippen LogP contribution in [0.4, 0.5) is 17.1 Å². The fraction of sp³-hybridized carbons (Fsp3) is 0.0130. The summed E-state index contributed by atoms with van der Waals surface area (Å²) in [4.78, 5) is 2.39. The standard InChI is InChI=1S/C77H52N2/c1-3-22-62(23-4-1)77(63-24-5-2-6-25-63)72-30-13-9-27-68(72)69-49-42-61(52-73(69)77)55-38-45-65(46-39-55)78(64-43-36-54(37-44-64)58-20-17-21-59(50-58)60-35-34-53-18-7-8-19-57(53)51-60)66-47-40-56(41-48-66)67-26-10-14-31-74(67)79-75-32-15-11-28-70(75)71-29-12-16-33-76(71)79/h1-52H. The Morgan fingerprint density at radius 3 is 1.33 bits per heavy atom. The first-order valence-electron chi connectivity index (χ1n) is 27.3. The molecule has 0 radical (unpaired) electrons. The molecule has 0 unspecified atom stereocenters. The Morgan fingerprint density at radius 1 is 0.253 bits per heavy atom. The van der Waals surface area contributed by atoms with Gasteiger partial charge in [-0.15, -0.1) is 0 Å². The molecule has 14 aromatic rings. The SMILES string of the molecule is c1ccc(C2(c3ccccc3)c3ccccc3-c3ccc(-c4ccc(N(c5ccc(-c6cccc(-c7ccc8ccccc8c7)c6)cc5)c5ccc(-c6ccccc6-n6c7ccccc7c7ccccc76)cc5)cc4)cc32)cc1. The quantitative estimate of drug-likeness (QED) is 0.133. The Labute approximate surface area is 461 Å². The summed E-state index contributed by atoms with van der Waals surface area (Å²) in [5, 5.41) is 5.00. The van der Waals surface area contributed by atoms with E-state index in [0.717, 1.165) is 33.9 Å². The zero-order chi connectivity index (χ0) is 52.3. The number of benzene rings is 13. The molecule has 1 aliphatic carbocycles. The molecular weight excluding hydrogens is 953 g/mol. The molecular formula is C77H52N2. The van der Waals surface area contributed by atoms with E-state index >= 15 is 0 Å². The summed E-state index contributed by atoms with van der Waals surface area (Å²) in [7, 11) is 0. The van der Waals surface area contributed by atoms with Gasteiger partial charge in [0.05, 0.1) is 22.1 Å². The molecule has 370 valence electrons. The van der Waals surface area contributed by atoms with E-state index in [0.29, 0.717) is 0 Å². The number of rotatable bonds is 10. The van der Waals surface area contributed by atoms with Crippen LogP contribution in [0, 0.1) is 0 Å². The fourth-order valence-corrected chi connectivity index (χ4v) is 12.8. The minimum Gasteiger partial charge on any atom is -0.311 e. The molecule has 13 aromatic carbocycles. The highest BCUT2D eigenvalue weighted by atomic mass is 15.1. The molecule has 0 saturated carbocycles. The summed E-state index contributed by atoms with van der Waals surface area (Å²) in [6, 6.07) is 116. The van der Waals surface area contributed by atoms with E-state index in [4.69, 9.17) is 0 Å². The fourth-order valence-electron chi connectivity index (χ4n) is 12.8. The molecule has 2 heteroatoms. The van der Waals surface area contributed by atoms with Crippen molar-refractivity contribution in [2.45, 2.75) is 5.41 Å². The van der Waals surface area contributed by atoms with Crippen LogP contribution in [0.25, 0.3) is 93.9 Å². The van der Waals surface area contributed by atoms with Gasteiger partial charge in [0.15, 0.2) is 0 Å². The topological polar surface area (TPSA) is 8.17 Å². The van der Waals surface area contributed by atoms with Crippen LogP contribution in [-0.2, 0) is 5.41 Å². The molecule has 2 nitrogen and oxygen atoms in total. The average molecular weight is 1010 g/mol. The zero-order valence-electron chi connectivity index (χ0n) is 43.4. The number of nitrogens with zero attached hydrogens (tertiary/aromatic N) is 2. The molecule has 15 rings (SSSR count). The third-order valence-electron chi connectivity index (χ3n) is 16.5. The van der Waals surface area contributed by atoms with Gasteiger partial charge in [-0.25, -0.2) is 0 Å². The molecule has 0 atom stereocenters. The van der Waals surface area contributed by atoms with Gasteiger partial charge in [-0.1, -0.05) is 243 Å². The normalized spacial score (nSPS) is 12.4. The van der Waals surface area contributed by atoms with Crippen molar-refractivity contribution < 1.29 is 0 Å². The number of aromatic nitrogens is 1. The number of fused-ring (bicyclic) bond motifs is 7. The van der Waals surface area contributed by atoms with Gasteiger partial charge in [-0.3, -0.25) is 0 Å². The zero-order valence-corrected chi connectivity index (χ0v) is 43.4. The van der Waals surface area contributed by atoms with Crippen LogP contribution < -0.4 is 4.90 Å². The molecule has 0 spiro atoms. The smallest absolute Gasteiger partial charge is 0.0713 e. The monoisotopic (exact) mass is 1000 g/mol. The van der Waals surface area contributed by atoms with Crippen LogP contribution >= 0.6 is 0 Å². The van der Waals surface area contributed by atoms with Gasteiger partial charge in [0.2, 0.25) is 0 Å². The van der Waals surface area contributed by atoms with Gasteiger partial charge in [0, 0.05) is 33.4 Å². The second-order valence-corrected chi connectivity index (χ2v) is 20.8. The van der Waals surface area contributed by atoms with Gasteiger partial charge in [0.1, 0.15) is 0 Å². The predicted octanol–water partition coefficient (Wildman–Crippen LogP) is 20.4. The number of hydrogen-bond acceptors (Lipinski definition) is 1. The van der Waals surface area contributed by atoms with Crippen LogP contribution in [0.1, 0.15) is 22.3 Å². The summed E-state index contributed by atoms with van der Waals surface area (Å²) in [5.41, 5.74) is 23.4. The molecule has 0 amide bonds. The van der Waals surface area contributed by atoms with E-state index in [2.05, 4.69) is 325 Å². The van der Waals surface area contributed by atoms with Gasteiger partial charge in [0.25, 0.3) is 0 Å². The van der Waals surface area contributed by atoms with Crippen LogP contribution in [0.5, 0.6) is 0 Å². The first-order valence-corrected chi connectivity index (χ1v) is 27.3. The molecule has 0 bridgehead atoms. The van der Waals surface area contributed by atoms with E-state index in [1.165, 1.54) is 99.3 Å². The Balaban J connectivity index is 0.823. The molecule has 0 saturated heterocycles. The second-order valence-electron chi connectivity index (χ2n) is 20.8. The summed E-state index contributed by atoms with van der Waals surface area (Å²) in [5.74, 6) is 0. The lowest BCUT2D eigenvalue weighted by Crippen LogP contribution is -2.28. The summed E-state index contributed by atoms with van der Waals surface area (Å²) < 4.78 is 2.42. The maximum absolute atomic E-state index is 2.45. The molecule has 0 fully saturated rings. The first kappa shape index (κ1) is 46.1. The lowest BCUT2D eigenvalue weighted by molar-refractivity contribution is 0.769. The van der Waals surface area contributed by atoms with Crippen molar-refractivity contribution in [1.82, 2.24) is 4.57 Å². The molecule has 1 aromatic heterocycles. The minimum absolute atomic E-state index is 0.471. The number of anilines is 3. The van der Waals surface area contributed by atoms with E-state index in [1.54, 1.807) is 0 Å². The highest BCUT2D eigenvalue weighted by Crippen LogP contribution is 2.57. The molecule has 0 N–H and O–H groups in total. The van der Waals surface area contributed by atoms with Crippen molar-refractivity contribution in [3.05, 3.63) is 338 Å². The molecule has 0 aliphatic heterocycles. The Hall–Kier alpha value is -10.3. The molecule has 1 aliphatic rings.